The fourth-order valence-corrected chi connectivity index (χ4v) is 3.96. The number of aryl methyl sites for hydroxylation is 2. The molecule has 8 nitrogen and oxygen atoms in total. The summed E-state index contributed by atoms with van der Waals surface area (Å²) < 4.78 is 41.8. The normalized spacial score (nSPS) is 11.0. The number of ether oxygens (including phenoxy) is 3. The number of hydrogen-bond donors (Lipinski definition) is 1. The third kappa shape index (κ3) is 5.35. The molecule has 1 amide bonds. The lowest BCUT2D eigenvalue weighted by molar-refractivity contribution is -0.119. The molecule has 2 rings (SSSR count). The van der Waals surface area contributed by atoms with Crippen LogP contribution in [0.1, 0.15) is 16.7 Å². The highest BCUT2D eigenvalue weighted by atomic mass is 32.2. The Balaban J connectivity index is 2.22. The summed E-state index contributed by atoms with van der Waals surface area (Å²) in [5.74, 6) is 0.910. The van der Waals surface area contributed by atoms with Gasteiger partial charge in [0.15, 0.2) is 11.5 Å². The number of carbonyl (C=O) groups excluding carboxylic acids is 1. The molecule has 0 aliphatic carbocycles. The summed E-state index contributed by atoms with van der Waals surface area (Å²) in [7, 11) is 0.855. The summed E-state index contributed by atoms with van der Waals surface area (Å²) in [5.41, 5.74) is 2.82. The Morgan fingerprint density at radius 2 is 1.67 bits per heavy atom. The molecular weight excluding hydrogens is 408 g/mol. The van der Waals surface area contributed by atoms with Crippen LogP contribution in [0.4, 0.5) is 5.69 Å². The first-order chi connectivity index (χ1) is 14.1. The molecule has 0 unspecified atom stereocenters. The fourth-order valence-electron chi connectivity index (χ4n) is 3.05. The molecule has 0 bridgehead atoms. The van der Waals surface area contributed by atoms with Gasteiger partial charge in [-0.1, -0.05) is 12.1 Å². The number of anilines is 1. The summed E-state index contributed by atoms with van der Waals surface area (Å²) in [6.07, 6.45) is 1.08. The lowest BCUT2D eigenvalue weighted by Gasteiger charge is -2.24. The minimum atomic E-state index is -3.66. The number of sulfonamides is 1. The molecule has 0 heterocycles. The maximum absolute atomic E-state index is 12.6. The molecule has 1 N–H and O–H groups in total. The Hall–Kier alpha value is -2.94. The number of benzene rings is 2. The Bertz CT molecular complexity index is 1020. The first kappa shape index (κ1) is 23.3. The van der Waals surface area contributed by atoms with Gasteiger partial charge < -0.3 is 19.5 Å². The van der Waals surface area contributed by atoms with Gasteiger partial charge in [0.2, 0.25) is 21.7 Å². The molecule has 0 aliphatic heterocycles. The summed E-state index contributed by atoms with van der Waals surface area (Å²) in [6, 6.07) is 8.93. The summed E-state index contributed by atoms with van der Waals surface area (Å²) in [4.78, 5) is 12.6. The zero-order valence-corrected chi connectivity index (χ0v) is 18.9. The van der Waals surface area contributed by atoms with E-state index in [-0.39, 0.29) is 13.1 Å². The highest BCUT2D eigenvalue weighted by Gasteiger charge is 2.23. The van der Waals surface area contributed by atoms with Crippen LogP contribution >= 0.6 is 0 Å². The van der Waals surface area contributed by atoms with E-state index in [0.29, 0.717) is 28.5 Å². The fraction of sp³-hybridized carbons (Fsp3) is 0.381. The van der Waals surface area contributed by atoms with Crippen molar-refractivity contribution in [2.24, 2.45) is 0 Å². The van der Waals surface area contributed by atoms with Crippen molar-refractivity contribution in [2.45, 2.75) is 20.4 Å². The highest BCUT2D eigenvalue weighted by molar-refractivity contribution is 7.92. The van der Waals surface area contributed by atoms with E-state index >= 15 is 0 Å². The van der Waals surface area contributed by atoms with E-state index in [1.807, 2.05) is 19.1 Å². The molecule has 0 aromatic heterocycles. The van der Waals surface area contributed by atoms with E-state index in [1.54, 1.807) is 25.1 Å². The SMILES string of the molecule is COc1ccc(CNC(=O)CN(c2cc(C)ccc2C)S(C)(=O)=O)c(OC)c1OC. The van der Waals surface area contributed by atoms with Crippen LogP contribution < -0.4 is 23.8 Å². The topological polar surface area (TPSA) is 94.2 Å². The van der Waals surface area contributed by atoms with E-state index in [0.717, 1.165) is 21.7 Å². The molecular formula is C21H28N2O6S. The predicted octanol–water partition coefficient (Wildman–Crippen LogP) is 2.41. The molecule has 164 valence electrons. The predicted molar refractivity (Wildman–Crippen MR) is 116 cm³/mol. The van der Waals surface area contributed by atoms with Crippen molar-refractivity contribution in [1.29, 1.82) is 0 Å². The maximum Gasteiger partial charge on any atom is 0.241 e. The van der Waals surface area contributed by atoms with Crippen molar-refractivity contribution >= 4 is 21.6 Å². The minimum Gasteiger partial charge on any atom is -0.493 e. The summed E-state index contributed by atoms with van der Waals surface area (Å²) in [5, 5.41) is 2.75. The van der Waals surface area contributed by atoms with Crippen LogP contribution in [-0.4, -0.2) is 48.5 Å². The second-order valence-corrected chi connectivity index (χ2v) is 8.74. The highest BCUT2D eigenvalue weighted by Crippen LogP contribution is 2.39. The van der Waals surface area contributed by atoms with Crippen LogP contribution in [0.25, 0.3) is 0 Å². The van der Waals surface area contributed by atoms with Crippen molar-refractivity contribution < 1.29 is 27.4 Å². The van der Waals surface area contributed by atoms with Crippen molar-refractivity contribution in [2.75, 3.05) is 38.4 Å². The van der Waals surface area contributed by atoms with Crippen molar-refractivity contribution in [3.8, 4) is 17.2 Å². The number of nitrogens with zero attached hydrogens (tertiary/aromatic N) is 1. The molecule has 0 spiro atoms. The van der Waals surface area contributed by atoms with Crippen molar-refractivity contribution in [3.63, 3.8) is 0 Å². The molecule has 0 aliphatic rings. The molecule has 0 atom stereocenters. The zero-order valence-electron chi connectivity index (χ0n) is 18.1. The van der Waals surface area contributed by atoms with Gasteiger partial charge in [0, 0.05) is 12.1 Å². The first-order valence-electron chi connectivity index (χ1n) is 9.21. The van der Waals surface area contributed by atoms with E-state index in [9.17, 15) is 13.2 Å². The quantitative estimate of drug-likeness (QED) is 0.649. The number of amides is 1. The maximum atomic E-state index is 12.6. The van der Waals surface area contributed by atoms with E-state index in [2.05, 4.69) is 5.32 Å². The monoisotopic (exact) mass is 436 g/mol. The van der Waals surface area contributed by atoms with Crippen molar-refractivity contribution in [1.82, 2.24) is 5.32 Å². The number of carbonyl (C=O) groups is 1. The summed E-state index contributed by atoms with van der Waals surface area (Å²) in [6.45, 7) is 3.47. The van der Waals surface area contributed by atoms with E-state index < -0.39 is 15.9 Å². The molecule has 0 saturated heterocycles. The molecule has 0 fully saturated rings. The molecule has 9 heteroatoms. The number of rotatable bonds is 9. The van der Waals surface area contributed by atoms with Crippen LogP contribution in [0.5, 0.6) is 17.2 Å². The molecule has 2 aromatic rings. The molecule has 0 radical (unpaired) electrons. The third-order valence-electron chi connectivity index (χ3n) is 4.58. The third-order valence-corrected chi connectivity index (χ3v) is 5.71. The largest absolute Gasteiger partial charge is 0.493 e. The summed E-state index contributed by atoms with van der Waals surface area (Å²) >= 11 is 0. The average molecular weight is 437 g/mol. The molecule has 2 aromatic carbocycles. The van der Waals surface area contributed by atoms with Gasteiger partial charge in [0.05, 0.1) is 33.3 Å². The van der Waals surface area contributed by atoms with Gasteiger partial charge in [-0.3, -0.25) is 9.10 Å². The Morgan fingerprint density at radius 3 is 2.23 bits per heavy atom. The lowest BCUT2D eigenvalue weighted by Crippen LogP contribution is -2.40. The molecule has 0 saturated carbocycles. The van der Waals surface area contributed by atoms with Crippen molar-refractivity contribution in [3.05, 3.63) is 47.0 Å². The van der Waals surface area contributed by atoms with Gasteiger partial charge in [0.1, 0.15) is 6.54 Å². The second kappa shape index (κ2) is 9.71. The van der Waals surface area contributed by atoms with Gasteiger partial charge in [-0.05, 0) is 43.2 Å². The van der Waals surface area contributed by atoms with Crippen LogP contribution in [0.3, 0.4) is 0 Å². The van der Waals surface area contributed by atoms with Crippen LogP contribution in [-0.2, 0) is 21.4 Å². The standard InChI is InChI=1S/C21H28N2O6S/c1-14-7-8-15(2)17(11-14)23(30(6,25)26)13-19(24)22-12-16-9-10-18(27-3)21(29-5)20(16)28-4/h7-11H,12-13H2,1-6H3,(H,22,24). The van der Waals surface area contributed by atoms with Gasteiger partial charge in [-0.15, -0.1) is 0 Å². The van der Waals surface area contributed by atoms with Crippen LogP contribution in [0, 0.1) is 13.8 Å². The Kier molecular flexibility index (Phi) is 7.55. The number of methoxy groups -OCH3 is 3. The van der Waals surface area contributed by atoms with Gasteiger partial charge in [-0.2, -0.15) is 0 Å². The number of nitrogens with one attached hydrogen (secondary N) is 1. The Labute approximate surface area is 177 Å². The molecule has 30 heavy (non-hydrogen) atoms. The van der Waals surface area contributed by atoms with Crippen LogP contribution in [0.2, 0.25) is 0 Å². The van der Waals surface area contributed by atoms with Gasteiger partial charge >= 0.3 is 0 Å². The zero-order chi connectivity index (χ0) is 22.5. The average Bonchev–Trinajstić information content (AvgIpc) is 2.70. The van der Waals surface area contributed by atoms with E-state index in [1.165, 1.54) is 21.3 Å². The first-order valence-corrected chi connectivity index (χ1v) is 11.1. The second-order valence-electron chi connectivity index (χ2n) is 6.83. The lowest BCUT2D eigenvalue weighted by atomic mass is 10.1. The number of hydrogen-bond acceptors (Lipinski definition) is 6. The van der Waals surface area contributed by atoms with Gasteiger partial charge in [0.25, 0.3) is 0 Å². The Morgan fingerprint density at radius 1 is 1.00 bits per heavy atom. The van der Waals surface area contributed by atoms with Crippen LogP contribution in [0.15, 0.2) is 30.3 Å². The smallest absolute Gasteiger partial charge is 0.241 e. The van der Waals surface area contributed by atoms with Gasteiger partial charge in [-0.25, -0.2) is 8.42 Å². The van der Waals surface area contributed by atoms with E-state index in [4.69, 9.17) is 14.2 Å². The minimum absolute atomic E-state index is 0.132.